The van der Waals surface area contributed by atoms with Crippen LogP contribution < -0.4 is 0 Å². The molecule has 0 spiro atoms. The first-order valence-corrected chi connectivity index (χ1v) is 0. The van der Waals surface area contributed by atoms with Gasteiger partial charge in [-0.25, -0.2) is 0 Å². The van der Waals surface area contributed by atoms with E-state index in [2.05, 4.69) is 0 Å². The van der Waals surface area contributed by atoms with Crippen LogP contribution in [-0.4, -0.2) is 0 Å². The molecule has 0 amide bonds. The van der Waals surface area contributed by atoms with E-state index in [9.17, 15) is 0 Å². The predicted molar refractivity (Wildman–Crippen MR) is 7.51 cm³/mol. The average Bonchev–Trinajstić information content (AvgIpc) is 0. The zero-order chi connectivity index (χ0) is 0. The molecule has 0 N–H and O–H groups in total. The van der Waals surface area contributed by atoms with Crippen molar-refractivity contribution in [1.29, 1.82) is 0 Å². The molecule has 0 aromatic heterocycles. The molecular formula is H3F3Re. The zero-order valence-electron chi connectivity index (χ0n) is 1.60. The number of halogens is 3. The van der Waals surface area contributed by atoms with Crippen molar-refractivity contribution in [3.63, 3.8) is 0 Å². The maximum Gasteiger partial charge on any atom is 0 e. The molecule has 0 aliphatic heterocycles. The summed E-state index contributed by atoms with van der Waals surface area (Å²) < 4.78 is 0. The van der Waals surface area contributed by atoms with Gasteiger partial charge < -0.3 is 0 Å². The van der Waals surface area contributed by atoms with Gasteiger partial charge in [0.05, 0.1) is 0 Å². The molecule has 0 aromatic rings. The van der Waals surface area contributed by atoms with Crippen LogP contribution in [0, 0.1) is 0 Å². The van der Waals surface area contributed by atoms with Gasteiger partial charge in [-0.1, -0.05) is 0 Å². The molecule has 31 valence electrons. The van der Waals surface area contributed by atoms with Gasteiger partial charge in [-0.3, -0.25) is 14.1 Å². The molecule has 0 nitrogen and oxygen atoms in total. The molecule has 1 radical (unpaired) electrons. The Bertz CT molecular complexity index is 3.25. The molecule has 0 aliphatic carbocycles. The second-order valence-corrected chi connectivity index (χ2v) is 0. The summed E-state index contributed by atoms with van der Waals surface area (Å²) >= 11 is 0. The van der Waals surface area contributed by atoms with Crippen LogP contribution in [-0.2, 0) is 20.4 Å². The van der Waals surface area contributed by atoms with Crippen LogP contribution in [0.5, 0.6) is 0 Å². The maximum absolute atomic E-state index is 0. The molecular weight excluding hydrogens is 243 g/mol. The van der Waals surface area contributed by atoms with Crippen molar-refractivity contribution in [2.24, 2.45) is 0 Å². The molecule has 0 rings (SSSR count). The Morgan fingerprint density at radius 2 is 0.500 bits per heavy atom. The summed E-state index contributed by atoms with van der Waals surface area (Å²) in [5.41, 5.74) is 0. The van der Waals surface area contributed by atoms with Gasteiger partial charge in [0.2, 0.25) is 0 Å². The summed E-state index contributed by atoms with van der Waals surface area (Å²) in [7, 11) is 0. The molecule has 0 saturated heterocycles. The predicted octanol–water partition coefficient (Wildman–Crippen LogP) is 0.455. The molecule has 0 saturated carbocycles. The van der Waals surface area contributed by atoms with Crippen LogP contribution in [0.2, 0.25) is 0 Å². The minimum atomic E-state index is 0. The third-order valence-corrected chi connectivity index (χ3v) is 0. The fourth-order valence-corrected chi connectivity index (χ4v) is 0. The SMILES string of the molecule is F.F.F.[Re]. The van der Waals surface area contributed by atoms with E-state index in [1.807, 2.05) is 0 Å². The van der Waals surface area contributed by atoms with E-state index < -0.39 is 0 Å². The average molecular weight is 246 g/mol. The first-order valence-electron chi connectivity index (χ1n) is 0. The van der Waals surface area contributed by atoms with Gasteiger partial charge in [-0.15, -0.1) is 0 Å². The molecule has 0 unspecified atom stereocenters. The van der Waals surface area contributed by atoms with Crippen molar-refractivity contribution in [3.8, 4) is 0 Å². The summed E-state index contributed by atoms with van der Waals surface area (Å²) in [6.45, 7) is 0. The van der Waals surface area contributed by atoms with Gasteiger partial charge in [0.25, 0.3) is 0 Å². The quantitative estimate of drug-likeness (QED) is 0.582. The van der Waals surface area contributed by atoms with E-state index in [1.165, 1.54) is 0 Å². The van der Waals surface area contributed by atoms with Crippen molar-refractivity contribution in [2.45, 2.75) is 0 Å². The van der Waals surface area contributed by atoms with E-state index in [1.54, 1.807) is 0 Å². The van der Waals surface area contributed by atoms with Gasteiger partial charge in [0, 0.05) is 20.4 Å². The summed E-state index contributed by atoms with van der Waals surface area (Å²) in [5, 5.41) is 0. The van der Waals surface area contributed by atoms with E-state index in [-0.39, 0.29) is 34.5 Å². The van der Waals surface area contributed by atoms with Crippen LogP contribution in [0.3, 0.4) is 0 Å². The van der Waals surface area contributed by atoms with Gasteiger partial charge in [0.1, 0.15) is 0 Å². The summed E-state index contributed by atoms with van der Waals surface area (Å²) in [6.07, 6.45) is 0. The van der Waals surface area contributed by atoms with E-state index in [0.717, 1.165) is 0 Å². The standard InChI is InChI=1S/3FH.Re/h3*1H;. The topological polar surface area (TPSA) is 0 Å². The molecule has 4 heteroatoms. The molecule has 0 heterocycles. The van der Waals surface area contributed by atoms with Crippen LogP contribution >= 0.6 is 0 Å². The minimum Gasteiger partial charge on any atom is -0.269 e. The number of rotatable bonds is 0. The Balaban J connectivity index is 0. The third kappa shape index (κ3) is 25.3. The van der Waals surface area contributed by atoms with Gasteiger partial charge >= 0.3 is 0 Å². The normalized spacial score (nSPS) is 0. The summed E-state index contributed by atoms with van der Waals surface area (Å²) in [4.78, 5) is 0. The zero-order valence-corrected chi connectivity index (χ0v) is 4.32. The van der Waals surface area contributed by atoms with E-state index >= 15 is 0 Å². The molecule has 0 aliphatic rings. The Labute approximate surface area is 35.3 Å². The largest absolute Gasteiger partial charge is 0.269 e. The van der Waals surface area contributed by atoms with Crippen molar-refractivity contribution in [1.82, 2.24) is 0 Å². The van der Waals surface area contributed by atoms with Gasteiger partial charge in [0.15, 0.2) is 0 Å². The second kappa shape index (κ2) is 101. The van der Waals surface area contributed by atoms with Crippen molar-refractivity contribution in [3.05, 3.63) is 0 Å². The summed E-state index contributed by atoms with van der Waals surface area (Å²) in [6, 6.07) is 0. The van der Waals surface area contributed by atoms with Crippen LogP contribution in [0.15, 0.2) is 0 Å². The first kappa shape index (κ1) is 259. The Morgan fingerprint density at radius 3 is 0.500 bits per heavy atom. The van der Waals surface area contributed by atoms with Crippen LogP contribution in [0.1, 0.15) is 0 Å². The molecule has 0 bridgehead atoms. The minimum absolute atomic E-state index is 0. The number of hydrogen-bond acceptors (Lipinski definition) is 0. The van der Waals surface area contributed by atoms with E-state index in [4.69, 9.17) is 0 Å². The fraction of sp³-hybridized carbons (Fsp3) is 0. The Hall–Kier alpha value is 0.452. The fourth-order valence-electron chi connectivity index (χ4n) is 0. The Kier molecular flexibility index (Phi) is 6580. The Morgan fingerprint density at radius 1 is 0.500 bits per heavy atom. The first-order chi connectivity index (χ1) is 0. The van der Waals surface area contributed by atoms with Crippen molar-refractivity contribution >= 4 is 0 Å². The van der Waals surface area contributed by atoms with E-state index in [0.29, 0.717) is 0 Å². The van der Waals surface area contributed by atoms with Crippen molar-refractivity contribution in [2.75, 3.05) is 0 Å². The molecule has 0 fully saturated rings. The van der Waals surface area contributed by atoms with Gasteiger partial charge in [-0.2, -0.15) is 0 Å². The van der Waals surface area contributed by atoms with Crippen LogP contribution in [0.4, 0.5) is 14.1 Å². The number of hydrogen-bond donors (Lipinski definition) is 0. The smallest absolute Gasteiger partial charge is 0 e. The van der Waals surface area contributed by atoms with Gasteiger partial charge in [-0.05, 0) is 0 Å². The monoisotopic (exact) mass is 247 g/mol. The van der Waals surface area contributed by atoms with Crippen LogP contribution in [0.25, 0.3) is 0 Å². The maximum atomic E-state index is 0. The second-order valence-electron chi connectivity index (χ2n) is 0. The summed E-state index contributed by atoms with van der Waals surface area (Å²) in [5.74, 6) is 0. The molecule has 0 aromatic carbocycles. The molecule has 0 atom stereocenters. The molecule has 4 heavy (non-hydrogen) atoms. The van der Waals surface area contributed by atoms with Crippen molar-refractivity contribution < 1.29 is 34.5 Å². The third-order valence-electron chi connectivity index (χ3n) is 0.